The van der Waals surface area contributed by atoms with Crippen LogP contribution in [0.5, 0.6) is 0 Å². The van der Waals surface area contributed by atoms with Crippen molar-refractivity contribution in [2.24, 2.45) is 0 Å². The first-order chi connectivity index (χ1) is 12.3. The lowest BCUT2D eigenvalue weighted by Gasteiger charge is -2.14. The minimum Gasteiger partial charge on any atom is -0.379 e. The molecule has 0 aromatic heterocycles. The molecule has 1 aromatic carbocycles. The fourth-order valence-corrected chi connectivity index (χ4v) is 2.53. The Hall–Kier alpha value is -2.98. The van der Waals surface area contributed by atoms with Gasteiger partial charge >= 0.3 is 0 Å². The lowest BCUT2D eigenvalue weighted by Crippen LogP contribution is -2.15. The molecule has 2 rings (SSSR count). The van der Waals surface area contributed by atoms with E-state index < -0.39 is 0 Å². The van der Waals surface area contributed by atoms with Crippen LogP contribution in [0.15, 0.2) is 92.1 Å². The molecule has 0 fully saturated rings. The van der Waals surface area contributed by atoms with Gasteiger partial charge in [-0.15, -0.1) is 13.2 Å². The number of anilines is 1. The van der Waals surface area contributed by atoms with Gasteiger partial charge in [0.2, 0.25) is 0 Å². The van der Waals surface area contributed by atoms with Crippen LogP contribution in [0.4, 0.5) is 5.69 Å². The van der Waals surface area contributed by atoms with E-state index in [-0.39, 0.29) is 6.04 Å². The third-order valence-electron chi connectivity index (χ3n) is 3.93. The second-order valence-corrected chi connectivity index (χ2v) is 5.80. The van der Waals surface area contributed by atoms with Gasteiger partial charge in [-0.2, -0.15) is 0 Å². The van der Waals surface area contributed by atoms with Crippen molar-refractivity contribution >= 4 is 11.3 Å². The van der Waals surface area contributed by atoms with Crippen molar-refractivity contribution in [3.8, 4) is 11.8 Å². The van der Waals surface area contributed by atoms with Gasteiger partial charge in [0.15, 0.2) is 0 Å². The maximum absolute atomic E-state index is 3.91. The molecule has 0 spiro atoms. The molecule has 0 heterocycles. The zero-order chi connectivity index (χ0) is 17.9. The summed E-state index contributed by atoms with van der Waals surface area (Å²) in [4.78, 5) is 0. The van der Waals surface area contributed by atoms with Crippen molar-refractivity contribution in [1.29, 1.82) is 0 Å². The molecule has 1 aliphatic rings. The maximum atomic E-state index is 3.91. The minimum absolute atomic E-state index is 0.195. The molecule has 0 saturated heterocycles. The monoisotopic (exact) mass is 327 g/mol. The summed E-state index contributed by atoms with van der Waals surface area (Å²) in [5.41, 5.74) is 4.26. The molecule has 126 valence electrons. The fourth-order valence-electron chi connectivity index (χ4n) is 2.53. The molecule has 1 nitrogen and oxygen atoms in total. The third-order valence-corrected chi connectivity index (χ3v) is 3.93. The highest BCUT2D eigenvalue weighted by Gasteiger charge is 2.02. The van der Waals surface area contributed by atoms with Gasteiger partial charge in [-0.1, -0.05) is 67.0 Å². The van der Waals surface area contributed by atoms with Crippen LogP contribution in [0.1, 0.15) is 24.8 Å². The van der Waals surface area contributed by atoms with E-state index in [1.165, 1.54) is 0 Å². The van der Waals surface area contributed by atoms with Crippen LogP contribution >= 0.6 is 0 Å². The second-order valence-electron chi connectivity index (χ2n) is 5.80. The Labute approximate surface area is 151 Å². The Balaban J connectivity index is 2.09. The van der Waals surface area contributed by atoms with Crippen LogP contribution in [-0.4, -0.2) is 6.04 Å². The smallest absolute Gasteiger partial charge is 0.0476 e. The number of hydrogen-bond donors (Lipinski definition) is 1. The van der Waals surface area contributed by atoms with E-state index in [1.807, 2.05) is 24.3 Å². The molecule has 1 aromatic rings. The molecule has 1 aliphatic carbocycles. The van der Waals surface area contributed by atoms with Crippen molar-refractivity contribution in [1.82, 2.24) is 0 Å². The molecule has 1 unspecified atom stereocenters. The Morgan fingerprint density at radius 2 is 1.96 bits per heavy atom. The molecule has 0 aliphatic heterocycles. The first kappa shape index (κ1) is 18.4. The first-order valence-corrected chi connectivity index (χ1v) is 8.58. The van der Waals surface area contributed by atoms with Crippen LogP contribution in [0.2, 0.25) is 0 Å². The average Bonchev–Trinajstić information content (AvgIpc) is 2.66. The van der Waals surface area contributed by atoms with Crippen molar-refractivity contribution < 1.29 is 0 Å². The van der Waals surface area contributed by atoms with Gasteiger partial charge in [0.1, 0.15) is 0 Å². The fraction of sp³-hybridized carbons (Fsp3) is 0.167. The highest BCUT2D eigenvalue weighted by molar-refractivity contribution is 5.76. The summed E-state index contributed by atoms with van der Waals surface area (Å²) in [7, 11) is 0. The normalized spacial score (nSPS) is 14.6. The van der Waals surface area contributed by atoms with Gasteiger partial charge in [0.05, 0.1) is 0 Å². The van der Waals surface area contributed by atoms with Gasteiger partial charge < -0.3 is 5.32 Å². The summed E-state index contributed by atoms with van der Waals surface area (Å²) >= 11 is 0. The molecule has 1 heteroatoms. The number of nitrogens with one attached hydrogen (secondary N) is 1. The van der Waals surface area contributed by atoms with Crippen molar-refractivity contribution in [2.75, 3.05) is 5.32 Å². The number of rotatable bonds is 7. The van der Waals surface area contributed by atoms with E-state index in [1.54, 1.807) is 0 Å². The minimum atomic E-state index is 0.195. The van der Waals surface area contributed by atoms with Crippen LogP contribution in [-0.2, 0) is 0 Å². The molecule has 0 radical (unpaired) electrons. The molecule has 1 atom stereocenters. The molecule has 25 heavy (non-hydrogen) atoms. The Kier molecular flexibility index (Phi) is 7.35. The van der Waals surface area contributed by atoms with E-state index in [2.05, 4.69) is 79.4 Å². The molecule has 0 bridgehead atoms. The summed E-state index contributed by atoms with van der Waals surface area (Å²) < 4.78 is 0. The Morgan fingerprint density at radius 1 is 1.16 bits per heavy atom. The molecule has 0 saturated carbocycles. The average molecular weight is 327 g/mol. The topological polar surface area (TPSA) is 12.0 Å². The predicted molar refractivity (Wildman–Crippen MR) is 111 cm³/mol. The highest BCUT2D eigenvalue weighted by Crippen LogP contribution is 2.19. The van der Waals surface area contributed by atoms with E-state index in [0.29, 0.717) is 0 Å². The van der Waals surface area contributed by atoms with Crippen molar-refractivity contribution in [2.45, 2.75) is 25.3 Å². The first-order valence-electron chi connectivity index (χ1n) is 8.58. The van der Waals surface area contributed by atoms with Crippen molar-refractivity contribution in [3.63, 3.8) is 0 Å². The quantitative estimate of drug-likeness (QED) is 0.363. The summed E-state index contributed by atoms with van der Waals surface area (Å²) in [6.45, 7) is 11.5. The molecular weight excluding hydrogens is 302 g/mol. The van der Waals surface area contributed by atoms with Crippen LogP contribution in [0.3, 0.4) is 0 Å². The van der Waals surface area contributed by atoms with E-state index >= 15 is 0 Å². The lowest BCUT2D eigenvalue weighted by atomic mass is 10.0. The number of allylic oxidation sites excluding steroid dienone is 7. The second kappa shape index (κ2) is 10.0. The van der Waals surface area contributed by atoms with Gasteiger partial charge in [0.25, 0.3) is 0 Å². The SMILES string of the molecule is C=CCC(C=C)Nc1ccc(/C(C=C)=C/C#CC2=CCCC=C2)cc1. The molecular formula is C24H25N. The van der Waals surface area contributed by atoms with Gasteiger partial charge in [0, 0.05) is 17.3 Å². The summed E-state index contributed by atoms with van der Waals surface area (Å²) in [6, 6.07) is 8.47. The summed E-state index contributed by atoms with van der Waals surface area (Å²) in [6.07, 6.45) is 17.0. The van der Waals surface area contributed by atoms with E-state index in [9.17, 15) is 0 Å². The summed E-state index contributed by atoms with van der Waals surface area (Å²) in [5, 5.41) is 3.42. The standard InChI is InChI=1S/C24H25N/c1-4-11-23(6-3)25-24-18-16-22(17-19-24)21(5-2)15-10-14-20-12-8-7-9-13-20/h4-6,8,12-13,15-19,23,25H,1-3,7,9,11H2/b21-15+. The van der Waals surface area contributed by atoms with Crippen LogP contribution < -0.4 is 5.32 Å². The lowest BCUT2D eigenvalue weighted by molar-refractivity contribution is 0.897. The van der Waals surface area contributed by atoms with Crippen LogP contribution in [0.25, 0.3) is 5.57 Å². The van der Waals surface area contributed by atoms with Gasteiger partial charge in [-0.05, 0) is 48.6 Å². The highest BCUT2D eigenvalue weighted by atomic mass is 14.9. The summed E-state index contributed by atoms with van der Waals surface area (Å²) in [5.74, 6) is 6.32. The molecule has 0 amide bonds. The van der Waals surface area contributed by atoms with Crippen LogP contribution in [0, 0.1) is 11.8 Å². The Morgan fingerprint density at radius 3 is 2.56 bits per heavy atom. The zero-order valence-electron chi connectivity index (χ0n) is 14.7. The number of hydrogen-bond acceptors (Lipinski definition) is 1. The third kappa shape index (κ3) is 5.86. The van der Waals surface area contributed by atoms with E-state index in [0.717, 1.165) is 41.7 Å². The van der Waals surface area contributed by atoms with Gasteiger partial charge in [-0.3, -0.25) is 0 Å². The van der Waals surface area contributed by atoms with Crippen molar-refractivity contribution in [3.05, 3.63) is 97.7 Å². The Bertz CT molecular complexity index is 761. The number of benzene rings is 1. The zero-order valence-corrected chi connectivity index (χ0v) is 14.7. The van der Waals surface area contributed by atoms with E-state index in [4.69, 9.17) is 0 Å². The van der Waals surface area contributed by atoms with Gasteiger partial charge in [-0.25, -0.2) is 0 Å². The largest absolute Gasteiger partial charge is 0.379 e. The maximum Gasteiger partial charge on any atom is 0.0476 e. The predicted octanol–water partition coefficient (Wildman–Crippen LogP) is 6.08. The molecule has 1 N–H and O–H groups in total.